The molecule has 26 heavy (non-hydrogen) atoms. The van der Waals surface area contributed by atoms with Crippen molar-refractivity contribution in [2.75, 3.05) is 6.26 Å². The number of imidazole rings is 1. The van der Waals surface area contributed by atoms with Gasteiger partial charge in [-0.15, -0.1) is 0 Å². The van der Waals surface area contributed by atoms with Crippen LogP contribution in [0.3, 0.4) is 0 Å². The van der Waals surface area contributed by atoms with Crippen LogP contribution in [-0.2, 0) is 11.3 Å². The summed E-state index contributed by atoms with van der Waals surface area (Å²) in [6.45, 7) is 0.0234. The zero-order valence-electron chi connectivity index (χ0n) is 14.0. The van der Waals surface area contributed by atoms with E-state index < -0.39 is 5.97 Å². The van der Waals surface area contributed by atoms with Gasteiger partial charge in [0.05, 0.1) is 5.52 Å². The molecule has 0 N–H and O–H groups in total. The number of pyridine rings is 1. The van der Waals surface area contributed by atoms with Gasteiger partial charge in [0.1, 0.15) is 12.3 Å². The number of carbonyl (C=O) groups excluding carboxylic acids is 1. The van der Waals surface area contributed by atoms with Crippen molar-refractivity contribution in [3.8, 4) is 11.3 Å². The van der Waals surface area contributed by atoms with E-state index in [9.17, 15) is 4.79 Å². The second kappa shape index (κ2) is 7.05. The van der Waals surface area contributed by atoms with Gasteiger partial charge in [-0.1, -0.05) is 53.3 Å². The normalized spacial score (nSPS) is 11.0. The molecule has 0 atom stereocenters. The van der Waals surface area contributed by atoms with Gasteiger partial charge in [0.15, 0.2) is 16.6 Å². The highest BCUT2D eigenvalue weighted by Gasteiger charge is 2.19. The highest BCUT2D eigenvalue weighted by molar-refractivity contribution is 7.98. The number of fused-ring (bicyclic) bond motifs is 1. The average molecular weight is 365 g/mol. The molecule has 0 saturated heterocycles. The number of thioether (sulfide) groups is 1. The molecule has 0 aliphatic carbocycles. The Bertz CT molecular complexity index is 1060. The van der Waals surface area contributed by atoms with E-state index in [4.69, 9.17) is 9.26 Å². The molecule has 4 rings (SSSR count). The Hall–Kier alpha value is -3.06. The van der Waals surface area contributed by atoms with Crippen molar-refractivity contribution in [3.63, 3.8) is 0 Å². The number of hydrogen-bond acceptors (Lipinski definition) is 6. The third-order valence-electron chi connectivity index (χ3n) is 3.86. The molecular formula is C19H15N3O3S. The number of benzene rings is 1. The molecule has 0 unspecified atom stereocenters. The third kappa shape index (κ3) is 3.09. The van der Waals surface area contributed by atoms with E-state index in [0.29, 0.717) is 22.7 Å². The fourth-order valence-electron chi connectivity index (χ4n) is 2.63. The van der Waals surface area contributed by atoms with Gasteiger partial charge in [-0.25, -0.2) is 9.78 Å². The lowest BCUT2D eigenvalue weighted by atomic mass is 10.2. The summed E-state index contributed by atoms with van der Waals surface area (Å²) in [7, 11) is 0. The van der Waals surface area contributed by atoms with Crippen LogP contribution in [0.15, 0.2) is 70.5 Å². The molecule has 0 aliphatic heterocycles. The topological polar surface area (TPSA) is 69.6 Å². The summed E-state index contributed by atoms with van der Waals surface area (Å²) in [5.74, 6) is 0.145. The number of hydrogen-bond donors (Lipinski definition) is 0. The Morgan fingerprint density at radius 3 is 2.81 bits per heavy atom. The minimum atomic E-state index is -0.488. The smallest absolute Gasteiger partial charge is 0.359 e. The second-order valence-corrected chi connectivity index (χ2v) is 6.30. The van der Waals surface area contributed by atoms with Crippen molar-refractivity contribution in [3.05, 3.63) is 72.2 Å². The number of aromatic nitrogens is 3. The first-order valence-corrected chi connectivity index (χ1v) is 9.18. The maximum Gasteiger partial charge on any atom is 0.359 e. The molecule has 4 aromatic rings. The Balaban J connectivity index is 1.51. The van der Waals surface area contributed by atoms with E-state index in [1.807, 2.05) is 65.4 Å². The SMILES string of the molecule is CSc1nc(C(=O)OCc2cc(-c3ccccc3)on2)c2ccccn12. The monoisotopic (exact) mass is 365 g/mol. The third-order valence-corrected chi connectivity index (χ3v) is 4.51. The van der Waals surface area contributed by atoms with Gasteiger partial charge >= 0.3 is 5.97 Å². The predicted molar refractivity (Wildman–Crippen MR) is 98.0 cm³/mol. The molecule has 0 bridgehead atoms. The maximum absolute atomic E-state index is 12.5. The lowest BCUT2D eigenvalue weighted by Crippen LogP contribution is -2.06. The quantitative estimate of drug-likeness (QED) is 0.392. The summed E-state index contributed by atoms with van der Waals surface area (Å²) in [5.41, 5.74) is 2.47. The molecule has 130 valence electrons. The Morgan fingerprint density at radius 1 is 1.19 bits per heavy atom. The summed E-state index contributed by atoms with van der Waals surface area (Å²) < 4.78 is 12.6. The van der Waals surface area contributed by atoms with Crippen molar-refractivity contribution in [2.45, 2.75) is 11.8 Å². The van der Waals surface area contributed by atoms with Gasteiger partial charge in [-0.3, -0.25) is 4.40 Å². The fourth-order valence-corrected chi connectivity index (χ4v) is 3.17. The molecule has 0 fully saturated rings. The molecule has 0 spiro atoms. The first kappa shape index (κ1) is 16.4. The lowest BCUT2D eigenvalue weighted by Gasteiger charge is -2.00. The number of ether oxygens (including phenoxy) is 1. The van der Waals surface area contributed by atoms with E-state index in [1.54, 1.807) is 6.07 Å². The highest BCUT2D eigenvalue weighted by Crippen LogP contribution is 2.22. The molecule has 6 nitrogen and oxygen atoms in total. The number of carbonyl (C=O) groups is 1. The largest absolute Gasteiger partial charge is 0.454 e. The van der Waals surface area contributed by atoms with Crippen LogP contribution in [0.2, 0.25) is 0 Å². The van der Waals surface area contributed by atoms with Crippen LogP contribution in [0.1, 0.15) is 16.2 Å². The van der Waals surface area contributed by atoms with Crippen LogP contribution in [-0.4, -0.2) is 26.8 Å². The predicted octanol–water partition coefficient (Wildman–Crippen LogP) is 4.07. The van der Waals surface area contributed by atoms with Gasteiger partial charge in [0.25, 0.3) is 0 Å². The van der Waals surface area contributed by atoms with Gasteiger partial charge in [-0.2, -0.15) is 0 Å². The zero-order valence-corrected chi connectivity index (χ0v) is 14.8. The molecule has 7 heteroatoms. The molecule has 0 radical (unpaired) electrons. The number of nitrogens with zero attached hydrogens (tertiary/aromatic N) is 3. The van der Waals surface area contributed by atoms with E-state index >= 15 is 0 Å². The molecule has 0 saturated carbocycles. The van der Waals surface area contributed by atoms with Gasteiger partial charge in [-0.05, 0) is 18.4 Å². The van der Waals surface area contributed by atoms with E-state index in [-0.39, 0.29) is 6.61 Å². The van der Waals surface area contributed by atoms with E-state index in [1.165, 1.54) is 11.8 Å². The Kier molecular flexibility index (Phi) is 4.45. The maximum atomic E-state index is 12.5. The summed E-state index contributed by atoms with van der Waals surface area (Å²) in [4.78, 5) is 16.9. The molecule has 0 amide bonds. The molecule has 0 aliphatic rings. The Morgan fingerprint density at radius 2 is 2.00 bits per heavy atom. The molecular weight excluding hydrogens is 350 g/mol. The molecule has 3 aromatic heterocycles. The highest BCUT2D eigenvalue weighted by atomic mass is 32.2. The number of esters is 1. The summed E-state index contributed by atoms with van der Waals surface area (Å²) in [6.07, 6.45) is 3.78. The van der Waals surface area contributed by atoms with Gasteiger partial charge < -0.3 is 9.26 Å². The minimum Gasteiger partial charge on any atom is -0.454 e. The van der Waals surface area contributed by atoms with Crippen molar-refractivity contribution >= 4 is 23.2 Å². The summed E-state index contributed by atoms with van der Waals surface area (Å²) in [5, 5.41) is 4.70. The summed E-state index contributed by atoms with van der Waals surface area (Å²) in [6, 6.07) is 17.0. The zero-order chi connectivity index (χ0) is 17.9. The summed E-state index contributed by atoms with van der Waals surface area (Å²) >= 11 is 1.47. The van der Waals surface area contributed by atoms with E-state index in [0.717, 1.165) is 10.7 Å². The van der Waals surface area contributed by atoms with Crippen molar-refractivity contribution in [1.82, 2.24) is 14.5 Å². The van der Waals surface area contributed by atoms with Crippen LogP contribution in [0.5, 0.6) is 0 Å². The van der Waals surface area contributed by atoms with Crippen LogP contribution in [0.25, 0.3) is 16.8 Å². The molecule has 3 heterocycles. The first-order valence-electron chi connectivity index (χ1n) is 7.95. The first-order chi connectivity index (χ1) is 12.8. The lowest BCUT2D eigenvalue weighted by molar-refractivity contribution is 0.0460. The van der Waals surface area contributed by atoms with Gasteiger partial charge in [0, 0.05) is 17.8 Å². The van der Waals surface area contributed by atoms with Gasteiger partial charge in [0.2, 0.25) is 0 Å². The van der Waals surface area contributed by atoms with Crippen LogP contribution in [0.4, 0.5) is 0 Å². The van der Waals surface area contributed by atoms with Crippen molar-refractivity contribution in [1.29, 1.82) is 0 Å². The van der Waals surface area contributed by atoms with Crippen molar-refractivity contribution < 1.29 is 14.1 Å². The van der Waals surface area contributed by atoms with Crippen LogP contribution in [0, 0.1) is 0 Å². The number of rotatable bonds is 5. The minimum absolute atomic E-state index is 0.0234. The van der Waals surface area contributed by atoms with Crippen molar-refractivity contribution in [2.24, 2.45) is 0 Å². The van der Waals surface area contributed by atoms with Crippen LogP contribution >= 0.6 is 11.8 Å². The second-order valence-electron chi connectivity index (χ2n) is 5.53. The Labute approximate surface area is 153 Å². The molecule has 1 aromatic carbocycles. The van der Waals surface area contributed by atoms with E-state index in [2.05, 4.69) is 10.1 Å². The fraction of sp³-hybridized carbons (Fsp3) is 0.105. The van der Waals surface area contributed by atoms with Crippen LogP contribution < -0.4 is 0 Å². The standard InChI is InChI=1S/C19H15N3O3S/c1-26-19-20-17(15-9-5-6-10-22(15)19)18(23)24-12-14-11-16(25-21-14)13-7-3-2-4-8-13/h2-11H,12H2,1H3. The average Bonchev–Trinajstić information content (AvgIpc) is 3.31.